The molecule has 0 spiro atoms. The minimum absolute atomic E-state index is 0.176. The molecule has 2 aromatic rings. The van der Waals surface area contributed by atoms with Crippen molar-refractivity contribution in [3.63, 3.8) is 0 Å². The largest absolute Gasteiger partial charge is 0.494 e. The van der Waals surface area contributed by atoms with Gasteiger partial charge in [-0.05, 0) is 43.2 Å². The number of nitrogens with zero attached hydrogens (tertiary/aromatic N) is 1. The summed E-state index contributed by atoms with van der Waals surface area (Å²) in [6.07, 6.45) is 1.61. The quantitative estimate of drug-likeness (QED) is 0.646. The van der Waals surface area contributed by atoms with Crippen LogP contribution >= 0.6 is 11.6 Å². The summed E-state index contributed by atoms with van der Waals surface area (Å²) in [5.74, 6) is -1.13. The zero-order chi connectivity index (χ0) is 21.1. The first-order valence-electron chi connectivity index (χ1n) is 8.78. The first kappa shape index (κ1) is 20.3. The summed E-state index contributed by atoms with van der Waals surface area (Å²) in [7, 11) is 0. The van der Waals surface area contributed by atoms with Gasteiger partial charge in [0.15, 0.2) is 0 Å². The minimum Gasteiger partial charge on any atom is -0.494 e. The van der Waals surface area contributed by atoms with Crippen LogP contribution in [0.5, 0.6) is 5.88 Å². The van der Waals surface area contributed by atoms with Crippen LogP contribution in [0, 0.1) is 0 Å². The average Bonchev–Trinajstić information content (AvgIpc) is 2.93. The van der Waals surface area contributed by atoms with E-state index in [-0.39, 0.29) is 12.2 Å². The molecule has 1 aromatic heterocycles. The maximum atomic E-state index is 12.5. The molecule has 29 heavy (non-hydrogen) atoms. The van der Waals surface area contributed by atoms with Gasteiger partial charge in [0.25, 0.3) is 5.56 Å². The van der Waals surface area contributed by atoms with Crippen LogP contribution in [0.4, 0.5) is 0 Å². The second-order valence-corrected chi connectivity index (χ2v) is 6.71. The summed E-state index contributed by atoms with van der Waals surface area (Å²) in [4.78, 5) is 44.5. The van der Waals surface area contributed by atoms with Crippen LogP contribution in [-0.2, 0) is 16.0 Å². The topological polar surface area (TPSA) is 125 Å². The van der Waals surface area contributed by atoms with Gasteiger partial charge in [0.1, 0.15) is 5.56 Å². The van der Waals surface area contributed by atoms with Crippen LogP contribution in [0.2, 0.25) is 5.02 Å². The minimum atomic E-state index is -0.831. The van der Waals surface area contributed by atoms with Gasteiger partial charge in [-0.25, -0.2) is 9.59 Å². The normalized spacial score (nSPS) is 15.0. The molecule has 0 atom stereocenters. The maximum absolute atomic E-state index is 12.5. The van der Waals surface area contributed by atoms with Gasteiger partial charge in [0, 0.05) is 11.4 Å². The molecule has 0 fully saturated rings. The Morgan fingerprint density at radius 3 is 2.72 bits per heavy atom. The zero-order valence-corrected chi connectivity index (χ0v) is 16.5. The molecular formula is C20H18ClN3O5. The Bertz CT molecular complexity index is 1190. The average molecular weight is 416 g/mol. The van der Waals surface area contributed by atoms with E-state index in [1.165, 1.54) is 6.08 Å². The number of rotatable bonds is 5. The molecule has 1 aliphatic heterocycles. The Balaban J connectivity index is 2.16. The Morgan fingerprint density at radius 1 is 1.31 bits per heavy atom. The molecule has 0 radical (unpaired) electrons. The number of aromatic amines is 2. The van der Waals surface area contributed by atoms with Crippen molar-refractivity contribution in [2.24, 2.45) is 4.99 Å². The summed E-state index contributed by atoms with van der Waals surface area (Å²) in [5, 5.41) is 10.5. The van der Waals surface area contributed by atoms with E-state index in [1.807, 2.05) is 11.1 Å². The molecule has 0 amide bonds. The number of aliphatic imine (C=N–C) groups is 1. The number of H-pyrrole nitrogens is 2. The number of aromatic nitrogens is 2. The highest BCUT2D eigenvalue weighted by molar-refractivity contribution is 6.30. The molecule has 0 unspecified atom stereocenters. The molecule has 0 saturated heterocycles. The van der Waals surface area contributed by atoms with E-state index in [1.54, 1.807) is 32.0 Å². The van der Waals surface area contributed by atoms with Crippen LogP contribution < -0.4 is 11.2 Å². The Morgan fingerprint density at radius 2 is 2.07 bits per heavy atom. The van der Waals surface area contributed by atoms with Crippen LogP contribution in [0.1, 0.15) is 25.0 Å². The van der Waals surface area contributed by atoms with Gasteiger partial charge in [0.05, 0.1) is 23.6 Å². The summed E-state index contributed by atoms with van der Waals surface area (Å²) in [5.41, 5.74) is 0.576. The number of aromatic hydroxyl groups is 1. The van der Waals surface area contributed by atoms with Gasteiger partial charge in [-0.2, -0.15) is 0 Å². The third kappa shape index (κ3) is 4.38. The van der Waals surface area contributed by atoms with E-state index in [2.05, 4.69) is 9.98 Å². The van der Waals surface area contributed by atoms with Crippen molar-refractivity contribution in [3.05, 3.63) is 78.1 Å². The maximum Gasteiger partial charge on any atom is 0.340 e. The summed E-state index contributed by atoms with van der Waals surface area (Å²) < 4.78 is 5.15. The van der Waals surface area contributed by atoms with Gasteiger partial charge < -0.3 is 9.84 Å². The van der Waals surface area contributed by atoms with Crippen LogP contribution in [-0.4, -0.2) is 33.4 Å². The second kappa shape index (κ2) is 8.32. The Labute approximate surface area is 170 Å². The number of nitrogens with one attached hydrogen (secondary N) is 2. The number of hydrogen-bond acceptors (Lipinski definition) is 6. The van der Waals surface area contributed by atoms with E-state index >= 15 is 0 Å². The molecular weight excluding hydrogens is 398 g/mol. The number of carbonyl (C=O) groups is 1. The molecule has 8 nitrogen and oxygen atoms in total. The third-order valence-electron chi connectivity index (χ3n) is 4.25. The predicted molar refractivity (Wildman–Crippen MR) is 109 cm³/mol. The van der Waals surface area contributed by atoms with Crippen molar-refractivity contribution in [3.8, 4) is 5.88 Å². The third-order valence-corrected chi connectivity index (χ3v) is 4.49. The van der Waals surface area contributed by atoms with Crippen molar-refractivity contribution >= 4 is 29.4 Å². The van der Waals surface area contributed by atoms with Crippen molar-refractivity contribution < 1.29 is 14.6 Å². The molecule has 0 bridgehead atoms. The lowest BCUT2D eigenvalue weighted by atomic mass is 9.97. The Hall–Kier alpha value is -3.39. The Kier molecular flexibility index (Phi) is 5.84. The molecule has 1 aromatic carbocycles. The van der Waals surface area contributed by atoms with E-state index in [4.69, 9.17) is 16.3 Å². The second-order valence-electron chi connectivity index (χ2n) is 6.28. The van der Waals surface area contributed by atoms with Gasteiger partial charge in [-0.15, -0.1) is 0 Å². The van der Waals surface area contributed by atoms with Crippen molar-refractivity contribution in [2.45, 2.75) is 20.3 Å². The van der Waals surface area contributed by atoms with Crippen LogP contribution in [0.25, 0.3) is 6.08 Å². The fourth-order valence-electron chi connectivity index (χ4n) is 3.03. The van der Waals surface area contributed by atoms with E-state index < -0.39 is 23.1 Å². The van der Waals surface area contributed by atoms with Gasteiger partial charge in [-0.3, -0.25) is 19.8 Å². The monoisotopic (exact) mass is 415 g/mol. The lowest BCUT2D eigenvalue weighted by Gasteiger charge is -2.09. The predicted octanol–water partition coefficient (Wildman–Crippen LogP) is 2.34. The van der Waals surface area contributed by atoms with Crippen molar-refractivity contribution in [1.29, 1.82) is 0 Å². The zero-order valence-electron chi connectivity index (χ0n) is 15.7. The summed E-state index contributed by atoms with van der Waals surface area (Å²) >= 11 is 6.07. The highest BCUT2D eigenvalue weighted by atomic mass is 35.5. The standard InChI is InChI=1S/C20H18ClN3O5/c1-3-29-19(27)16-10(2)22-15(9-14-17(25)23-20(28)24-18(14)26)13(16)8-11-5-4-6-12(21)7-11/h4-7,9H,3,8H2,1-2H3,(H3,23,24,25,26,28)/b15-9-. The van der Waals surface area contributed by atoms with E-state index in [9.17, 15) is 19.5 Å². The number of hydrogen-bond donors (Lipinski definition) is 3. The molecule has 0 aliphatic carbocycles. The molecule has 2 heterocycles. The van der Waals surface area contributed by atoms with Crippen molar-refractivity contribution in [2.75, 3.05) is 6.61 Å². The van der Waals surface area contributed by atoms with Gasteiger partial charge >= 0.3 is 11.7 Å². The number of esters is 1. The molecule has 9 heteroatoms. The van der Waals surface area contributed by atoms with Crippen molar-refractivity contribution in [1.82, 2.24) is 9.97 Å². The smallest absolute Gasteiger partial charge is 0.340 e. The fourth-order valence-corrected chi connectivity index (χ4v) is 3.24. The summed E-state index contributed by atoms with van der Waals surface area (Å²) in [6.45, 7) is 3.55. The molecule has 3 rings (SSSR count). The number of ether oxygens (including phenoxy) is 1. The molecule has 0 saturated carbocycles. The van der Waals surface area contributed by atoms with Crippen LogP contribution in [0.3, 0.4) is 0 Å². The van der Waals surface area contributed by atoms with Gasteiger partial charge in [0.2, 0.25) is 5.88 Å². The first-order chi connectivity index (χ1) is 13.8. The number of halogens is 1. The lowest BCUT2D eigenvalue weighted by Crippen LogP contribution is -2.23. The van der Waals surface area contributed by atoms with Gasteiger partial charge in [-0.1, -0.05) is 23.7 Å². The number of carbonyl (C=O) groups excluding carboxylic acids is 1. The first-order valence-corrected chi connectivity index (χ1v) is 9.16. The summed E-state index contributed by atoms with van der Waals surface area (Å²) in [6, 6.07) is 7.12. The molecule has 1 aliphatic rings. The fraction of sp³-hybridized carbons (Fsp3) is 0.200. The molecule has 150 valence electrons. The highest BCUT2D eigenvalue weighted by Crippen LogP contribution is 2.32. The number of benzene rings is 1. The van der Waals surface area contributed by atoms with Crippen LogP contribution in [0.15, 0.2) is 55.7 Å². The lowest BCUT2D eigenvalue weighted by molar-refractivity contribution is -0.137. The SMILES string of the molecule is CCOC(=O)C1=C(Cc2cccc(Cl)c2)/C(=C/c2c(O)[nH]c(=O)[nH]c2=O)N=C1C. The molecule has 3 N–H and O–H groups in total. The van der Waals surface area contributed by atoms with E-state index in [0.717, 1.165) is 5.56 Å². The highest BCUT2D eigenvalue weighted by Gasteiger charge is 2.28. The van der Waals surface area contributed by atoms with E-state index in [0.29, 0.717) is 34.0 Å². The number of allylic oxidation sites excluding steroid dienone is 1.